The molecule has 0 radical (unpaired) electrons. The third-order valence-electron chi connectivity index (χ3n) is 1.97. The molecule has 0 spiro atoms. The van der Waals surface area contributed by atoms with Crippen molar-refractivity contribution in [3.63, 3.8) is 0 Å². The zero-order valence-corrected chi connectivity index (χ0v) is 8.07. The van der Waals surface area contributed by atoms with Crippen LogP contribution in [0, 0.1) is 0 Å². The van der Waals surface area contributed by atoms with Crippen LogP contribution in [0.4, 0.5) is 0 Å². The summed E-state index contributed by atoms with van der Waals surface area (Å²) < 4.78 is 5.15. The van der Waals surface area contributed by atoms with Gasteiger partial charge in [-0.2, -0.15) is 0 Å². The minimum atomic E-state index is -0.237. The van der Waals surface area contributed by atoms with Crippen molar-refractivity contribution in [1.82, 2.24) is 10.2 Å². The van der Waals surface area contributed by atoms with E-state index in [1.54, 1.807) is 25.3 Å². The summed E-state index contributed by atoms with van der Waals surface area (Å²) in [5.41, 5.74) is 0.817. The van der Waals surface area contributed by atoms with Gasteiger partial charge in [0.25, 0.3) is 0 Å². The summed E-state index contributed by atoms with van der Waals surface area (Å²) in [6, 6.07) is 0. The summed E-state index contributed by atoms with van der Waals surface area (Å²) in [7, 11) is 3.32. The predicted octanol–water partition coefficient (Wildman–Crippen LogP) is 0.438. The zero-order valence-electron chi connectivity index (χ0n) is 8.07. The fourth-order valence-electron chi connectivity index (χ4n) is 1.12. The maximum atomic E-state index is 11.1. The Labute approximate surface area is 77.9 Å². The van der Waals surface area contributed by atoms with Gasteiger partial charge in [0.05, 0.1) is 5.70 Å². The van der Waals surface area contributed by atoms with Crippen molar-refractivity contribution in [1.29, 1.82) is 0 Å². The van der Waals surface area contributed by atoms with Gasteiger partial charge in [0.2, 0.25) is 5.91 Å². The average Bonchev–Trinajstić information content (AvgIpc) is 2.16. The third kappa shape index (κ3) is 2.09. The fourth-order valence-corrected chi connectivity index (χ4v) is 1.12. The zero-order chi connectivity index (χ0) is 9.84. The monoisotopic (exact) mass is 182 g/mol. The first-order valence-electron chi connectivity index (χ1n) is 4.06. The van der Waals surface area contributed by atoms with Crippen molar-refractivity contribution in [2.24, 2.45) is 0 Å². The van der Waals surface area contributed by atoms with E-state index in [0.29, 0.717) is 0 Å². The van der Waals surface area contributed by atoms with Crippen molar-refractivity contribution < 1.29 is 9.53 Å². The number of rotatable bonds is 2. The molecule has 1 aliphatic rings. The SMILES string of the molecule is COC1NC=CC=C1N(C)C(C)=O. The Morgan fingerprint density at radius 1 is 1.69 bits per heavy atom. The first-order chi connectivity index (χ1) is 6.16. The molecule has 4 heteroatoms. The maximum absolute atomic E-state index is 11.1. The van der Waals surface area contributed by atoms with Crippen molar-refractivity contribution in [2.45, 2.75) is 13.2 Å². The molecule has 1 amide bonds. The van der Waals surface area contributed by atoms with Crippen molar-refractivity contribution in [3.8, 4) is 0 Å². The molecule has 1 atom stereocenters. The normalized spacial score (nSPS) is 20.5. The maximum Gasteiger partial charge on any atom is 0.223 e. The molecule has 0 aromatic rings. The van der Waals surface area contributed by atoms with E-state index in [1.165, 1.54) is 6.92 Å². The van der Waals surface area contributed by atoms with Crippen LogP contribution in [0.25, 0.3) is 0 Å². The molecule has 1 heterocycles. The van der Waals surface area contributed by atoms with Gasteiger partial charge in [-0.1, -0.05) is 0 Å². The van der Waals surface area contributed by atoms with Gasteiger partial charge in [0.1, 0.15) is 0 Å². The number of carbonyl (C=O) groups is 1. The molecule has 0 aliphatic carbocycles. The Morgan fingerprint density at radius 2 is 2.38 bits per heavy atom. The van der Waals surface area contributed by atoms with Gasteiger partial charge in [0.15, 0.2) is 6.23 Å². The number of hydrogen-bond acceptors (Lipinski definition) is 3. The Balaban J connectivity index is 2.80. The third-order valence-corrected chi connectivity index (χ3v) is 1.97. The molecule has 0 fully saturated rings. The van der Waals surface area contributed by atoms with Crippen LogP contribution in [0.3, 0.4) is 0 Å². The van der Waals surface area contributed by atoms with Gasteiger partial charge in [-0.15, -0.1) is 0 Å². The molecule has 1 unspecified atom stereocenters. The van der Waals surface area contributed by atoms with Crippen LogP contribution < -0.4 is 5.32 Å². The molecule has 1 aliphatic heterocycles. The highest BCUT2D eigenvalue weighted by Gasteiger charge is 2.19. The van der Waals surface area contributed by atoms with E-state index in [1.807, 2.05) is 12.2 Å². The number of carbonyl (C=O) groups excluding carboxylic acids is 1. The summed E-state index contributed by atoms with van der Waals surface area (Å²) in [5.74, 6) is -0.00889. The van der Waals surface area contributed by atoms with Crippen molar-refractivity contribution >= 4 is 5.91 Å². The van der Waals surface area contributed by atoms with E-state index in [-0.39, 0.29) is 12.1 Å². The molecule has 0 saturated heterocycles. The highest BCUT2D eigenvalue weighted by atomic mass is 16.5. The van der Waals surface area contributed by atoms with E-state index in [2.05, 4.69) is 5.32 Å². The largest absolute Gasteiger partial charge is 0.361 e. The first kappa shape index (κ1) is 9.80. The Morgan fingerprint density at radius 3 is 2.92 bits per heavy atom. The van der Waals surface area contributed by atoms with Crippen LogP contribution in [0.5, 0.6) is 0 Å². The minimum Gasteiger partial charge on any atom is -0.361 e. The van der Waals surface area contributed by atoms with E-state index in [9.17, 15) is 4.79 Å². The van der Waals surface area contributed by atoms with Gasteiger partial charge in [-0.05, 0) is 18.4 Å². The lowest BCUT2D eigenvalue weighted by Gasteiger charge is -2.27. The van der Waals surface area contributed by atoms with Gasteiger partial charge < -0.3 is 15.0 Å². The number of methoxy groups -OCH3 is 1. The van der Waals surface area contributed by atoms with E-state index in [0.717, 1.165) is 5.70 Å². The average molecular weight is 182 g/mol. The fraction of sp³-hybridized carbons (Fsp3) is 0.444. The smallest absolute Gasteiger partial charge is 0.223 e. The number of nitrogens with one attached hydrogen (secondary N) is 1. The van der Waals surface area contributed by atoms with Crippen LogP contribution in [-0.4, -0.2) is 31.2 Å². The summed E-state index contributed by atoms with van der Waals surface area (Å²) in [5, 5.41) is 2.99. The summed E-state index contributed by atoms with van der Waals surface area (Å²) in [6.07, 6.45) is 5.24. The lowest BCUT2D eigenvalue weighted by molar-refractivity contribution is -0.126. The quantitative estimate of drug-likeness (QED) is 0.673. The van der Waals surface area contributed by atoms with E-state index >= 15 is 0 Å². The number of ether oxygens (including phenoxy) is 1. The number of likely N-dealkylation sites (N-methyl/N-ethyl adjacent to an activating group) is 1. The molecule has 13 heavy (non-hydrogen) atoms. The van der Waals surface area contributed by atoms with Crippen LogP contribution in [0.1, 0.15) is 6.92 Å². The number of amides is 1. The molecule has 0 saturated carbocycles. The van der Waals surface area contributed by atoms with Crippen LogP contribution in [-0.2, 0) is 9.53 Å². The topological polar surface area (TPSA) is 41.6 Å². The molecule has 72 valence electrons. The van der Waals surface area contributed by atoms with Crippen molar-refractivity contribution in [2.75, 3.05) is 14.2 Å². The van der Waals surface area contributed by atoms with Gasteiger partial charge >= 0.3 is 0 Å². The second-order valence-electron chi connectivity index (χ2n) is 2.81. The van der Waals surface area contributed by atoms with Gasteiger partial charge in [0, 0.05) is 21.1 Å². The number of nitrogens with zero attached hydrogens (tertiary/aromatic N) is 1. The Bertz CT molecular complexity index is 258. The lowest BCUT2D eigenvalue weighted by atomic mass is 10.2. The van der Waals surface area contributed by atoms with Gasteiger partial charge in [-0.25, -0.2) is 0 Å². The summed E-state index contributed by atoms with van der Waals surface area (Å²) >= 11 is 0. The second-order valence-corrected chi connectivity index (χ2v) is 2.81. The summed E-state index contributed by atoms with van der Waals surface area (Å²) in [6.45, 7) is 1.52. The highest BCUT2D eigenvalue weighted by Crippen LogP contribution is 2.11. The Kier molecular flexibility index (Phi) is 3.08. The minimum absolute atomic E-state index is 0.00889. The molecule has 0 bridgehead atoms. The second kappa shape index (κ2) is 4.09. The molecule has 4 nitrogen and oxygen atoms in total. The molecule has 1 N–H and O–H groups in total. The summed E-state index contributed by atoms with van der Waals surface area (Å²) in [4.78, 5) is 12.6. The van der Waals surface area contributed by atoms with Crippen LogP contribution in [0.2, 0.25) is 0 Å². The number of dihydropyridines is 1. The van der Waals surface area contributed by atoms with E-state index in [4.69, 9.17) is 4.74 Å². The number of hydrogen-bond donors (Lipinski definition) is 1. The number of allylic oxidation sites excluding steroid dienone is 2. The molecule has 1 rings (SSSR count). The standard InChI is InChI=1S/C9H14N2O2/c1-7(12)11(2)8-5-4-6-10-9(8)13-3/h4-6,9-10H,1-3H3. The first-order valence-corrected chi connectivity index (χ1v) is 4.06. The van der Waals surface area contributed by atoms with E-state index < -0.39 is 0 Å². The molecule has 0 aromatic carbocycles. The molecular formula is C9H14N2O2. The highest BCUT2D eigenvalue weighted by molar-refractivity contribution is 5.75. The van der Waals surface area contributed by atoms with Crippen molar-refractivity contribution in [3.05, 3.63) is 24.0 Å². The predicted molar refractivity (Wildman–Crippen MR) is 49.6 cm³/mol. The lowest BCUT2D eigenvalue weighted by Crippen LogP contribution is -2.39. The van der Waals surface area contributed by atoms with Crippen LogP contribution >= 0.6 is 0 Å². The van der Waals surface area contributed by atoms with Gasteiger partial charge in [-0.3, -0.25) is 4.79 Å². The van der Waals surface area contributed by atoms with Crippen LogP contribution in [0.15, 0.2) is 24.0 Å². The molecule has 0 aromatic heterocycles. The Hall–Kier alpha value is -1.29. The molecular weight excluding hydrogens is 168 g/mol.